The van der Waals surface area contributed by atoms with Gasteiger partial charge in [0.1, 0.15) is 0 Å². The summed E-state index contributed by atoms with van der Waals surface area (Å²) in [5.74, 6) is 1.12. The van der Waals surface area contributed by atoms with Gasteiger partial charge in [-0.25, -0.2) is 0 Å². The number of piperidine rings is 1. The van der Waals surface area contributed by atoms with E-state index in [2.05, 4.69) is 19.2 Å². The maximum absolute atomic E-state index is 12.3. The second kappa shape index (κ2) is 7.25. The van der Waals surface area contributed by atoms with E-state index >= 15 is 0 Å². The number of anilines is 1. The second-order valence-corrected chi connectivity index (χ2v) is 6.33. The van der Waals surface area contributed by atoms with Gasteiger partial charge in [-0.1, -0.05) is 26.0 Å². The molecule has 1 aliphatic heterocycles. The van der Waals surface area contributed by atoms with Gasteiger partial charge in [-0.3, -0.25) is 9.59 Å². The smallest absolute Gasteiger partial charge is 0.246 e. The van der Waals surface area contributed by atoms with Crippen LogP contribution in [0.4, 0.5) is 5.69 Å². The molecule has 1 aromatic carbocycles. The van der Waals surface area contributed by atoms with Gasteiger partial charge in [0.05, 0.1) is 0 Å². The Morgan fingerprint density at radius 2 is 1.73 bits per heavy atom. The average Bonchev–Trinajstić information content (AvgIpc) is 2.44. The molecule has 0 radical (unpaired) electrons. The molecule has 0 bridgehead atoms. The maximum atomic E-state index is 12.3. The highest BCUT2D eigenvalue weighted by atomic mass is 16.2. The van der Waals surface area contributed by atoms with Crippen LogP contribution in [0.15, 0.2) is 30.3 Å². The molecule has 0 aromatic heterocycles. The van der Waals surface area contributed by atoms with E-state index in [-0.39, 0.29) is 11.8 Å². The Bertz CT molecular complexity index is 553. The second-order valence-electron chi connectivity index (χ2n) is 6.33. The summed E-state index contributed by atoms with van der Waals surface area (Å²) in [6.07, 6.45) is 4.65. The molecule has 2 atom stereocenters. The van der Waals surface area contributed by atoms with E-state index in [0.29, 0.717) is 11.8 Å². The van der Waals surface area contributed by atoms with Crippen molar-refractivity contribution in [3.05, 3.63) is 35.9 Å². The highest BCUT2D eigenvalue weighted by Gasteiger charge is 2.23. The third kappa shape index (κ3) is 4.72. The number of carbonyl (C=O) groups excluding carboxylic acids is 2. The molecule has 22 heavy (non-hydrogen) atoms. The SMILES string of the molecule is CC(=O)Nc1ccc(/C=C/C(=O)N2CC(C)CC(C)C2)cc1. The van der Waals surface area contributed by atoms with Crippen molar-refractivity contribution in [2.75, 3.05) is 18.4 Å². The van der Waals surface area contributed by atoms with Crippen LogP contribution < -0.4 is 5.32 Å². The quantitative estimate of drug-likeness (QED) is 0.872. The highest BCUT2D eigenvalue weighted by Crippen LogP contribution is 2.21. The first kappa shape index (κ1) is 16.3. The Morgan fingerprint density at radius 3 is 2.27 bits per heavy atom. The lowest BCUT2D eigenvalue weighted by molar-refractivity contribution is -0.128. The van der Waals surface area contributed by atoms with Crippen molar-refractivity contribution in [1.82, 2.24) is 4.90 Å². The number of carbonyl (C=O) groups is 2. The van der Waals surface area contributed by atoms with Crippen LogP contribution in [0.3, 0.4) is 0 Å². The lowest BCUT2D eigenvalue weighted by atomic mass is 9.92. The number of rotatable bonds is 3. The van der Waals surface area contributed by atoms with Crippen LogP contribution >= 0.6 is 0 Å². The zero-order valence-corrected chi connectivity index (χ0v) is 13.5. The lowest BCUT2D eigenvalue weighted by Crippen LogP contribution is -2.41. The third-order valence-corrected chi connectivity index (χ3v) is 3.83. The van der Waals surface area contributed by atoms with Crippen molar-refractivity contribution < 1.29 is 9.59 Å². The summed E-state index contributed by atoms with van der Waals surface area (Å²) < 4.78 is 0. The topological polar surface area (TPSA) is 49.4 Å². The first-order chi connectivity index (χ1) is 10.4. The van der Waals surface area contributed by atoms with Crippen LogP contribution in [0.1, 0.15) is 32.8 Å². The number of likely N-dealkylation sites (tertiary alicyclic amines) is 1. The summed E-state index contributed by atoms with van der Waals surface area (Å²) in [6, 6.07) is 7.43. The molecule has 4 heteroatoms. The average molecular weight is 300 g/mol. The molecule has 0 spiro atoms. The van der Waals surface area contributed by atoms with E-state index in [0.717, 1.165) is 24.3 Å². The van der Waals surface area contributed by atoms with E-state index in [9.17, 15) is 9.59 Å². The minimum Gasteiger partial charge on any atom is -0.339 e. The molecule has 1 heterocycles. The summed E-state index contributed by atoms with van der Waals surface area (Å²) in [7, 11) is 0. The summed E-state index contributed by atoms with van der Waals surface area (Å²) in [5, 5.41) is 2.72. The standard InChI is InChI=1S/C18H24N2O2/c1-13-10-14(2)12-20(11-13)18(22)9-6-16-4-7-17(8-5-16)19-15(3)21/h4-9,13-14H,10-12H2,1-3H3,(H,19,21)/b9-6+. The van der Waals surface area contributed by atoms with Crippen LogP contribution in [0.2, 0.25) is 0 Å². The Hall–Kier alpha value is -2.10. The molecule has 1 aromatic rings. The molecule has 1 saturated heterocycles. The van der Waals surface area contributed by atoms with Gasteiger partial charge in [0.2, 0.25) is 11.8 Å². The van der Waals surface area contributed by atoms with Crippen molar-refractivity contribution in [1.29, 1.82) is 0 Å². The van der Waals surface area contributed by atoms with Crippen molar-refractivity contribution in [3.8, 4) is 0 Å². The minimum atomic E-state index is -0.0909. The van der Waals surface area contributed by atoms with E-state index in [4.69, 9.17) is 0 Å². The van der Waals surface area contributed by atoms with Gasteiger partial charge in [-0.2, -0.15) is 0 Å². The normalized spacial score (nSPS) is 21.9. The largest absolute Gasteiger partial charge is 0.339 e. The van der Waals surface area contributed by atoms with Crippen LogP contribution in [0.5, 0.6) is 0 Å². The summed E-state index contributed by atoms with van der Waals surface area (Å²) in [5.41, 5.74) is 1.70. The Balaban J connectivity index is 1.95. The van der Waals surface area contributed by atoms with Gasteiger partial charge in [-0.15, -0.1) is 0 Å². The molecule has 118 valence electrons. The Kier molecular flexibility index (Phi) is 5.36. The molecule has 2 amide bonds. The first-order valence-electron chi connectivity index (χ1n) is 7.78. The summed E-state index contributed by atoms with van der Waals surface area (Å²) >= 11 is 0. The number of nitrogens with one attached hydrogen (secondary N) is 1. The monoisotopic (exact) mass is 300 g/mol. The molecule has 2 unspecified atom stereocenters. The first-order valence-corrected chi connectivity index (χ1v) is 7.78. The number of benzene rings is 1. The highest BCUT2D eigenvalue weighted by molar-refractivity contribution is 5.92. The predicted molar refractivity (Wildman–Crippen MR) is 89.3 cm³/mol. The maximum Gasteiger partial charge on any atom is 0.246 e. The van der Waals surface area contributed by atoms with Crippen LogP contribution in [0, 0.1) is 11.8 Å². The van der Waals surface area contributed by atoms with E-state index in [1.807, 2.05) is 35.2 Å². The van der Waals surface area contributed by atoms with Gasteiger partial charge >= 0.3 is 0 Å². The van der Waals surface area contributed by atoms with Gasteiger partial charge in [0, 0.05) is 31.8 Å². The fourth-order valence-electron chi connectivity index (χ4n) is 3.00. The zero-order chi connectivity index (χ0) is 16.1. The lowest BCUT2D eigenvalue weighted by Gasteiger charge is -2.34. The Morgan fingerprint density at radius 1 is 1.14 bits per heavy atom. The number of amides is 2. The van der Waals surface area contributed by atoms with Crippen molar-refractivity contribution in [2.45, 2.75) is 27.2 Å². The molecule has 2 rings (SSSR count). The number of hydrogen-bond donors (Lipinski definition) is 1. The molecule has 1 fully saturated rings. The Labute approximate surface area is 132 Å². The van der Waals surface area contributed by atoms with Crippen molar-refractivity contribution in [3.63, 3.8) is 0 Å². The van der Waals surface area contributed by atoms with Crippen LogP contribution in [-0.4, -0.2) is 29.8 Å². The van der Waals surface area contributed by atoms with Crippen LogP contribution in [-0.2, 0) is 9.59 Å². The van der Waals surface area contributed by atoms with Gasteiger partial charge < -0.3 is 10.2 Å². The fraction of sp³-hybridized carbons (Fsp3) is 0.444. The molecule has 1 aliphatic rings. The molecular weight excluding hydrogens is 276 g/mol. The molecule has 1 N–H and O–H groups in total. The van der Waals surface area contributed by atoms with Gasteiger partial charge in [-0.05, 0) is 42.0 Å². The van der Waals surface area contributed by atoms with Gasteiger partial charge in [0.25, 0.3) is 0 Å². The number of nitrogens with zero attached hydrogens (tertiary/aromatic N) is 1. The summed E-state index contributed by atoms with van der Waals surface area (Å²) in [4.78, 5) is 25.2. The molecule has 0 aliphatic carbocycles. The predicted octanol–water partition coefficient (Wildman–Crippen LogP) is 3.16. The van der Waals surface area contributed by atoms with E-state index in [1.165, 1.54) is 13.3 Å². The fourth-order valence-corrected chi connectivity index (χ4v) is 3.00. The minimum absolute atomic E-state index is 0.0735. The molecule has 4 nitrogen and oxygen atoms in total. The number of hydrogen-bond acceptors (Lipinski definition) is 2. The van der Waals surface area contributed by atoms with Crippen LogP contribution in [0.25, 0.3) is 6.08 Å². The third-order valence-electron chi connectivity index (χ3n) is 3.83. The molecule has 0 saturated carbocycles. The summed E-state index contributed by atoms with van der Waals surface area (Å²) in [6.45, 7) is 7.55. The zero-order valence-electron chi connectivity index (χ0n) is 13.5. The van der Waals surface area contributed by atoms with E-state index < -0.39 is 0 Å². The van der Waals surface area contributed by atoms with Gasteiger partial charge in [0.15, 0.2) is 0 Å². The van der Waals surface area contributed by atoms with Crippen molar-refractivity contribution >= 4 is 23.6 Å². The van der Waals surface area contributed by atoms with Crippen molar-refractivity contribution in [2.24, 2.45) is 11.8 Å². The van der Waals surface area contributed by atoms with E-state index in [1.54, 1.807) is 6.08 Å². The molecular formula is C18H24N2O2.